The Labute approximate surface area is 94.8 Å². The number of nitrogens with zero attached hydrogens (tertiary/aromatic N) is 2. The van der Waals surface area contributed by atoms with E-state index in [-0.39, 0.29) is 12.5 Å². The van der Waals surface area contributed by atoms with E-state index in [0.717, 1.165) is 0 Å². The molecule has 1 aromatic rings. The lowest BCUT2D eigenvalue weighted by molar-refractivity contribution is -0.122. The zero-order valence-corrected chi connectivity index (χ0v) is 9.64. The fourth-order valence-corrected chi connectivity index (χ4v) is 1.30. The van der Waals surface area contributed by atoms with Gasteiger partial charge in [-0.3, -0.25) is 9.48 Å². The van der Waals surface area contributed by atoms with Crippen molar-refractivity contribution in [2.45, 2.75) is 13.5 Å². The molecular weight excluding hydrogens is 208 g/mol. The molecule has 1 rings (SSSR count). The van der Waals surface area contributed by atoms with E-state index < -0.39 is 0 Å². The molecule has 90 valence electrons. The van der Waals surface area contributed by atoms with E-state index in [0.29, 0.717) is 24.8 Å². The van der Waals surface area contributed by atoms with Gasteiger partial charge in [-0.25, -0.2) is 0 Å². The van der Waals surface area contributed by atoms with Gasteiger partial charge >= 0.3 is 0 Å². The minimum absolute atomic E-state index is 0.0777. The third-order valence-electron chi connectivity index (χ3n) is 2.06. The first-order chi connectivity index (χ1) is 7.61. The normalized spacial score (nSPS) is 12.4. The molecule has 1 amide bonds. The van der Waals surface area contributed by atoms with Crippen molar-refractivity contribution in [3.8, 4) is 0 Å². The Morgan fingerprint density at radius 2 is 2.50 bits per heavy atom. The number of carbonyl (C=O) groups is 1. The minimum atomic E-state index is -0.0777. The molecule has 1 atom stereocenters. The van der Waals surface area contributed by atoms with E-state index in [2.05, 4.69) is 10.4 Å². The molecule has 0 bridgehead atoms. The fraction of sp³-hybridized carbons (Fsp3) is 0.600. The summed E-state index contributed by atoms with van der Waals surface area (Å²) in [4.78, 5) is 11.5. The molecule has 1 aromatic heterocycles. The summed E-state index contributed by atoms with van der Waals surface area (Å²) in [5.41, 5.74) is 6.04. The Bertz CT molecular complexity index is 337. The van der Waals surface area contributed by atoms with Crippen LogP contribution in [0, 0.1) is 5.92 Å². The van der Waals surface area contributed by atoms with Crippen LogP contribution in [0.15, 0.2) is 12.4 Å². The molecule has 0 spiro atoms. The summed E-state index contributed by atoms with van der Waals surface area (Å²) >= 11 is 0. The SMILES string of the molecule is COCC(C)CNC(=O)Cn1cc(N)cn1. The fourth-order valence-electron chi connectivity index (χ4n) is 1.30. The smallest absolute Gasteiger partial charge is 0.241 e. The predicted molar refractivity (Wildman–Crippen MR) is 60.7 cm³/mol. The van der Waals surface area contributed by atoms with Crippen molar-refractivity contribution in [3.05, 3.63) is 12.4 Å². The lowest BCUT2D eigenvalue weighted by atomic mass is 10.2. The van der Waals surface area contributed by atoms with Crippen LogP contribution < -0.4 is 11.1 Å². The Kier molecular flexibility index (Phi) is 4.78. The highest BCUT2D eigenvalue weighted by atomic mass is 16.5. The van der Waals surface area contributed by atoms with Gasteiger partial charge in [0.05, 0.1) is 18.5 Å². The van der Waals surface area contributed by atoms with Gasteiger partial charge in [-0.15, -0.1) is 0 Å². The standard InChI is InChI=1S/C10H18N4O2/c1-8(7-16-2)3-12-10(15)6-14-5-9(11)4-13-14/h4-5,8H,3,6-7,11H2,1-2H3,(H,12,15). The molecule has 6 heteroatoms. The molecular formula is C10H18N4O2. The molecule has 0 saturated carbocycles. The Morgan fingerprint density at radius 1 is 1.75 bits per heavy atom. The van der Waals surface area contributed by atoms with Gasteiger partial charge in [0.15, 0.2) is 0 Å². The van der Waals surface area contributed by atoms with Gasteiger partial charge < -0.3 is 15.8 Å². The van der Waals surface area contributed by atoms with Crippen molar-refractivity contribution in [1.29, 1.82) is 0 Å². The zero-order chi connectivity index (χ0) is 12.0. The van der Waals surface area contributed by atoms with E-state index in [1.54, 1.807) is 13.3 Å². The van der Waals surface area contributed by atoms with Crippen LogP contribution in [-0.4, -0.2) is 35.9 Å². The van der Waals surface area contributed by atoms with Crippen molar-refractivity contribution in [2.24, 2.45) is 5.92 Å². The van der Waals surface area contributed by atoms with Gasteiger partial charge in [0.2, 0.25) is 5.91 Å². The maximum absolute atomic E-state index is 11.5. The molecule has 0 aliphatic heterocycles. The highest BCUT2D eigenvalue weighted by Gasteiger charge is 2.06. The van der Waals surface area contributed by atoms with Gasteiger partial charge in [-0.1, -0.05) is 6.92 Å². The molecule has 0 aliphatic rings. The van der Waals surface area contributed by atoms with Crippen molar-refractivity contribution in [1.82, 2.24) is 15.1 Å². The van der Waals surface area contributed by atoms with Gasteiger partial charge in [0, 0.05) is 19.9 Å². The second kappa shape index (κ2) is 6.12. The number of amides is 1. The minimum Gasteiger partial charge on any atom is -0.396 e. The maximum Gasteiger partial charge on any atom is 0.241 e. The molecule has 1 heterocycles. The van der Waals surface area contributed by atoms with Crippen LogP contribution in [0.5, 0.6) is 0 Å². The van der Waals surface area contributed by atoms with Crippen LogP contribution in [0.3, 0.4) is 0 Å². The van der Waals surface area contributed by atoms with Crippen LogP contribution in [0.4, 0.5) is 5.69 Å². The van der Waals surface area contributed by atoms with Crippen LogP contribution in [0.1, 0.15) is 6.92 Å². The molecule has 0 aromatic carbocycles. The van der Waals surface area contributed by atoms with E-state index in [1.165, 1.54) is 10.9 Å². The number of nitrogen functional groups attached to an aromatic ring is 1. The number of methoxy groups -OCH3 is 1. The number of ether oxygens (including phenoxy) is 1. The second-order valence-corrected chi connectivity index (χ2v) is 3.84. The number of anilines is 1. The van der Waals surface area contributed by atoms with Gasteiger partial charge in [-0.2, -0.15) is 5.10 Å². The van der Waals surface area contributed by atoms with Crippen LogP contribution in [0.2, 0.25) is 0 Å². The number of hydrogen-bond donors (Lipinski definition) is 2. The van der Waals surface area contributed by atoms with Crippen LogP contribution in [0.25, 0.3) is 0 Å². The summed E-state index contributed by atoms with van der Waals surface area (Å²) in [6, 6.07) is 0. The van der Waals surface area contributed by atoms with Gasteiger partial charge in [-0.05, 0) is 5.92 Å². The maximum atomic E-state index is 11.5. The highest BCUT2D eigenvalue weighted by Crippen LogP contribution is 1.97. The molecule has 0 fully saturated rings. The topological polar surface area (TPSA) is 82.2 Å². The number of rotatable bonds is 6. The Hall–Kier alpha value is -1.56. The van der Waals surface area contributed by atoms with Gasteiger partial charge in [0.25, 0.3) is 0 Å². The third-order valence-corrected chi connectivity index (χ3v) is 2.06. The van der Waals surface area contributed by atoms with E-state index >= 15 is 0 Å². The molecule has 6 nitrogen and oxygen atoms in total. The van der Waals surface area contributed by atoms with Crippen molar-refractivity contribution < 1.29 is 9.53 Å². The highest BCUT2D eigenvalue weighted by molar-refractivity contribution is 5.75. The average Bonchev–Trinajstić information content (AvgIpc) is 2.61. The number of nitrogens with one attached hydrogen (secondary N) is 1. The van der Waals surface area contributed by atoms with E-state index in [9.17, 15) is 4.79 Å². The largest absolute Gasteiger partial charge is 0.396 e. The van der Waals surface area contributed by atoms with Crippen molar-refractivity contribution >= 4 is 11.6 Å². The third kappa shape index (κ3) is 4.31. The first-order valence-corrected chi connectivity index (χ1v) is 5.15. The van der Waals surface area contributed by atoms with Crippen molar-refractivity contribution in [3.63, 3.8) is 0 Å². The number of nitrogens with two attached hydrogens (primary N) is 1. The number of carbonyl (C=O) groups excluding carboxylic acids is 1. The lowest BCUT2D eigenvalue weighted by Crippen LogP contribution is -2.32. The molecule has 0 saturated heterocycles. The zero-order valence-electron chi connectivity index (χ0n) is 9.64. The Balaban J connectivity index is 2.26. The summed E-state index contributed by atoms with van der Waals surface area (Å²) in [7, 11) is 1.64. The molecule has 0 aliphatic carbocycles. The molecule has 3 N–H and O–H groups in total. The molecule has 0 radical (unpaired) electrons. The quantitative estimate of drug-likeness (QED) is 0.707. The summed E-state index contributed by atoms with van der Waals surface area (Å²) in [5, 5.41) is 6.73. The van der Waals surface area contributed by atoms with Crippen LogP contribution in [-0.2, 0) is 16.1 Å². The number of aromatic nitrogens is 2. The number of hydrogen-bond acceptors (Lipinski definition) is 4. The summed E-state index contributed by atoms with van der Waals surface area (Å²) < 4.78 is 6.48. The van der Waals surface area contributed by atoms with E-state index in [1.807, 2.05) is 6.92 Å². The lowest BCUT2D eigenvalue weighted by Gasteiger charge is -2.11. The van der Waals surface area contributed by atoms with E-state index in [4.69, 9.17) is 10.5 Å². The van der Waals surface area contributed by atoms with Crippen molar-refractivity contribution in [2.75, 3.05) is 26.0 Å². The Morgan fingerprint density at radius 3 is 3.06 bits per heavy atom. The van der Waals surface area contributed by atoms with Crippen LogP contribution >= 0.6 is 0 Å². The summed E-state index contributed by atoms with van der Waals surface area (Å²) in [6.07, 6.45) is 3.14. The first-order valence-electron chi connectivity index (χ1n) is 5.15. The second-order valence-electron chi connectivity index (χ2n) is 3.84. The average molecular weight is 226 g/mol. The molecule has 16 heavy (non-hydrogen) atoms. The first kappa shape index (κ1) is 12.5. The monoisotopic (exact) mass is 226 g/mol. The summed E-state index contributed by atoms with van der Waals surface area (Å²) in [5.74, 6) is 0.225. The molecule has 1 unspecified atom stereocenters. The van der Waals surface area contributed by atoms with Gasteiger partial charge in [0.1, 0.15) is 6.54 Å². The predicted octanol–water partition coefficient (Wildman–Crippen LogP) is -0.136. The summed E-state index contributed by atoms with van der Waals surface area (Å²) in [6.45, 7) is 3.44.